The Morgan fingerprint density at radius 1 is 1.50 bits per heavy atom. The molecular formula is C12H12N4O2. The molecule has 0 atom stereocenters. The number of rotatable bonds is 5. The molecule has 0 amide bonds. The van der Waals surface area contributed by atoms with E-state index in [1.54, 1.807) is 41.5 Å². The lowest BCUT2D eigenvalue weighted by molar-refractivity contribution is -0.384. The highest BCUT2D eigenvalue weighted by Crippen LogP contribution is 2.23. The van der Waals surface area contributed by atoms with Gasteiger partial charge in [0.15, 0.2) is 0 Å². The minimum absolute atomic E-state index is 0.0635. The predicted octanol–water partition coefficient (Wildman–Crippen LogP) is 2.50. The molecule has 2 aromatic rings. The van der Waals surface area contributed by atoms with E-state index < -0.39 is 4.92 Å². The minimum Gasteiger partial charge on any atom is -0.375 e. The normalized spacial score (nSPS) is 10.0. The van der Waals surface area contributed by atoms with E-state index in [2.05, 4.69) is 17.0 Å². The summed E-state index contributed by atoms with van der Waals surface area (Å²) in [5, 5.41) is 17.9. The number of nitrogens with one attached hydrogen (secondary N) is 1. The zero-order valence-corrected chi connectivity index (χ0v) is 9.61. The van der Waals surface area contributed by atoms with Gasteiger partial charge in [-0.25, -0.2) is 4.68 Å². The van der Waals surface area contributed by atoms with Crippen LogP contribution in [0.1, 0.15) is 5.56 Å². The molecule has 0 aliphatic heterocycles. The number of nitro groups is 1. The first-order valence-corrected chi connectivity index (χ1v) is 5.33. The van der Waals surface area contributed by atoms with Crippen LogP contribution in [0.4, 0.5) is 11.4 Å². The van der Waals surface area contributed by atoms with Crippen molar-refractivity contribution in [2.75, 3.05) is 5.32 Å². The van der Waals surface area contributed by atoms with Gasteiger partial charge in [0, 0.05) is 30.6 Å². The summed E-state index contributed by atoms with van der Waals surface area (Å²) in [7, 11) is 0. The van der Waals surface area contributed by atoms with E-state index in [0.29, 0.717) is 12.2 Å². The fourth-order valence-corrected chi connectivity index (χ4v) is 1.55. The molecule has 1 heterocycles. The summed E-state index contributed by atoms with van der Waals surface area (Å²) in [5.41, 5.74) is 1.48. The van der Waals surface area contributed by atoms with Crippen LogP contribution in [-0.4, -0.2) is 14.7 Å². The lowest BCUT2D eigenvalue weighted by atomic mass is 10.2. The first kappa shape index (κ1) is 11.8. The largest absolute Gasteiger partial charge is 0.375 e. The fourth-order valence-electron chi connectivity index (χ4n) is 1.55. The number of nitro benzene ring substituents is 1. The van der Waals surface area contributed by atoms with Crippen LogP contribution in [-0.2, 0) is 6.54 Å². The highest BCUT2D eigenvalue weighted by molar-refractivity contribution is 5.61. The minimum atomic E-state index is -0.407. The van der Waals surface area contributed by atoms with E-state index >= 15 is 0 Å². The number of para-hydroxylation sites is 2. The Kier molecular flexibility index (Phi) is 3.38. The Balaban J connectivity index is 2.10. The van der Waals surface area contributed by atoms with Gasteiger partial charge in [0.05, 0.1) is 11.1 Å². The van der Waals surface area contributed by atoms with Gasteiger partial charge in [0.1, 0.15) is 5.69 Å². The first-order valence-electron chi connectivity index (χ1n) is 5.33. The van der Waals surface area contributed by atoms with Gasteiger partial charge in [-0.15, -0.1) is 0 Å². The summed E-state index contributed by atoms with van der Waals surface area (Å²) in [6.07, 6.45) is 5.06. The van der Waals surface area contributed by atoms with Gasteiger partial charge in [0.25, 0.3) is 5.69 Å². The molecule has 1 N–H and O–H groups in total. The summed E-state index contributed by atoms with van der Waals surface area (Å²) in [6, 6.07) is 6.53. The van der Waals surface area contributed by atoms with E-state index in [0.717, 1.165) is 5.56 Å². The van der Waals surface area contributed by atoms with Gasteiger partial charge in [-0.05, 0) is 6.07 Å². The monoisotopic (exact) mass is 244 g/mol. The Bertz CT molecular complexity index is 577. The maximum atomic E-state index is 10.8. The molecular weight excluding hydrogens is 232 g/mol. The van der Waals surface area contributed by atoms with Crippen molar-refractivity contribution in [2.45, 2.75) is 6.54 Å². The topological polar surface area (TPSA) is 73.0 Å². The zero-order valence-electron chi connectivity index (χ0n) is 9.61. The smallest absolute Gasteiger partial charge is 0.292 e. The van der Waals surface area contributed by atoms with Crippen LogP contribution in [0.2, 0.25) is 0 Å². The van der Waals surface area contributed by atoms with Crippen molar-refractivity contribution in [1.29, 1.82) is 0 Å². The molecule has 6 heteroatoms. The van der Waals surface area contributed by atoms with Crippen LogP contribution in [0.5, 0.6) is 0 Å². The number of hydrogen-bond acceptors (Lipinski definition) is 4. The third kappa shape index (κ3) is 2.54. The average Bonchev–Trinajstić information content (AvgIpc) is 2.84. The van der Waals surface area contributed by atoms with Crippen LogP contribution in [0, 0.1) is 10.1 Å². The Morgan fingerprint density at radius 2 is 2.28 bits per heavy atom. The van der Waals surface area contributed by atoms with E-state index in [1.165, 1.54) is 6.07 Å². The standard InChI is InChI=1S/C12H12N4O2/c1-2-15-9-10(8-14-15)7-13-11-5-3-4-6-12(11)16(17)18/h2-6,8-9,13H,1,7H2. The van der Waals surface area contributed by atoms with Crippen molar-refractivity contribution in [2.24, 2.45) is 0 Å². The van der Waals surface area contributed by atoms with Crippen molar-refractivity contribution in [3.63, 3.8) is 0 Å². The lowest BCUT2D eigenvalue weighted by Gasteiger charge is -2.04. The molecule has 1 aromatic heterocycles. The zero-order chi connectivity index (χ0) is 13.0. The Morgan fingerprint density at radius 3 is 2.94 bits per heavy atom. The second kappa shape index (κ2) is 5.13. The van der Waals surface area contributed by atoms with E-state index in [1.807, 2.05) is 0 Å². The number of hydrogen-bond donors (Lipinski definition) is 1. The molecule has 0 aliphatic rings. The van der Waals surface area contributed by atoms with Crippen molar-refractivity contribution < 1.29 is 4.92 Å². The molecule has 0 saturated carbocycles. The van der Waals surface area contributed by atoms with Crippen molar-refractivity contribution in [1.82, 2.24) is 9.78 Å². The summed E-state index contributed by atoms with van der Waals surface area (Å²) in [5.74, 6) is 0. The second-order valence-corrected chi connectivity index (χ2v) is 3.64. The van der Waals surface area contributed by atoms with Gasteiger partial charge < -0.3 is 5.32 Å². The van der Waals surface area contributed by atoms with Gasteiger partial charge in [0.2, 0.25) is 0 Å². The van der Waals surface area contributed by atoms with E-state index in [9.17, 15) is 10.1 Å². The van der Waals surface area contributed by atoms with E-state index in [-0.39, 0.29) is 5.69 Å². The molecule has 0 radical (unpaired) electrons. The number of anilines is 1. The lowest BCUT2D eigenvalue weighted by Crippen LogP contribution is -2.01. The third-order valence-electron chi connectivity index (χ3n) is 2.43. The van der Waals surface area contributed by atoms with Crippen LogP contribution < -0.4 is 5.32 Å². The molecule has 18 heavy (non-hydrogen) atoms. The highest BCUT2D eigenvalue weighted by atomic mass is 16.6. The Labute approximate surface area is 104 Å². The van der Waals surface area contributed by atoms with Crippen LogP contribution in [0.15, 0.2) is 43.2 Å². The van der Waals surface area contributed by atoms with Gasteiger partial charge in [-0.1, -0.05) is 18.7 Å². The summed E-state index contributed by atoms with van der Waals surface area (Å²) in [6.45, 7) is 4.06. The molecule has 0 fully saturated rings. The maximum Gasteiger partial charge on any atom is 0.292 e. The van der Waals surface area contributed by atoms with Gasteiger partial charge in [-0.3, -0.25) is 10.1 Å². The van der Waals surface area contributed by atoms with E-state index in [4.69, 9.17) is 0 Å². The maximum absolute atomic E-state index is 10.8. The Hall–Kier alpha value is -2.63. The molecule has 0 aliphatic carbocycles. The summed E-state index contributed by atoms with van der Waals surface area (Å²) >= 11 is 0. The number of nitrogens with zero attached hydrogens (tertiary/aromatic N) is 3. The average molecular weight is 244 g/mol. The SMILES string of the molecule is C=Cn1cc(CNc2ccccc2[N+](=O)[O-])cn1. The number of aromatic nitrogens is 2. The van der Waals surface area contributed by atoms with Crippen LogP contribution in [0.3, 0.4) is 0 Å². The van der Waals surface area contributed by atoms with Crippen LogP contribution in [0.25, 0.3) is 6.20 Å². The number of benzene rings is 1. The molecule has 6 nitrogen and oxygen atoms in total. The molecule has 1 aromatic carbocycles. The predicted molar refractivity (Wildman–Crippen MR) is 69.0 cm³/mol. The summed E-state index contributed by atoms with van der Waals surface area (Å²) < 4.78 is 1.58. The van der Waals surface area contributed by atoms with Crippen molar-refractivity contribution >= 4 is 17.6 Å². The quantitative estimate of drug-likeness (QED) is 0.647. The molecule has 2 rings (SSSR count). The van der Waals surface area contributed by atoms with Gasteiger partial charge in [-0.2, -0.15) is 5.10 Å². The summed E-state index contributed by atoms with van der Waals surface area (Å²) in [4.78, 5) is 10.4. The molecule has 92 valence electrons. The molecule has 0 unspecified atom stereocenters. The highest BCUT2D eigenvalue weighted by Gasteiger charge is 2.11. The van der Waals surface area contributed by atoms with Gasteiger partial charge >= 0.3 is 0 Å². The molecule has 0 bridgehead atoms. The molecule has 0 saturated heterocycles. The van der Waals surface area contributed by atoms with Crippen molar-refractivity contribution in [3.8, 4) is 0 Å². The molecule has 0 spiro atoms. The van der Waals surface area contributed by atoms with Crippen molar-refractivity contribution in [3.05, 3.63) is 58.9 Å². The first-order chi connectivity index (χ1) is 8.70. The fraction of sp³-hybridized carbons (Fsp3) is 0.0833. The van der Waals surface area contributed by atoms with Crippen LogP contribution >= 0.6 is 0 Å². The second-order valence-electron chi connectivity index (χ2n) is 3.64. The third-order valence-corrected chi connectivity index (χ3v) is 2.43.